The molecule has 0 radical (unpaired) electrons. The van der Waals surface area contributed by atoms with E-state index in [1.165, 1.54) is 5.56 Å². The van der Waals surface area contributed by atoms with Crippen LogP contribution in [0.25, 0.3) is 0 Å². The molecule has 0 aliphatic heterocycles. The smallest absolute Gasteiger partial charge is 1.00 e. The molecule has 0 saturated heterocycles. The third-order valence-electron chi connectivity index (χ3n) is 1.68. The molecule has 0 bridgehead atoms. The second kappa shape index (κ2) is 12.5. The second-order valence-corrected chi connectivity index (χ2v) is 2.81. The van der Waals surface area contributed by atoms with Crippen LogP contribution in [0, 0.1) is 6.07 Å². The van der Waals surface area contributed by atoms with Gasteiger partial charge in [0.1, 0.15) is 0 Å². The predicted molar refractivity (Wildman–Crippen MR) is 57.2 cm³/mol. The van der Waals surface area contributed by atoms with Crippen LogP contribution in [0.1, 0.15) is 12.0 Å². The molecule has 0 unspecified atom stereocenters. The van der Waals surface area contributed by atoms with E-state index in [4.69, 9.17) is 9.47 Å². The van der Waals surface area contributed by atoms with Crippen molar-refractivity contribution in [3.63, 3.8) is 0 Å². The van der Waals surface area contributed by atoms with E-state index >= 15 is 0 Å². The van der Waals surface area contributed by atoms with E-state index in [0.29, 0.717) is 6.61 Å². The normalized spacial score (nSPS) is 8.87. The molecule has 0 spiro atoms. The molecule has 2 nitrogen and oxygen atoms in total. The van der Waals surface area contributed by atoms with Crippen LogP contribution in [-0.4, -0.2) is 43.4 Å². The Bertz CT molecular complexity index is 219. The Morgan fingerprint density at radius 3 is 2.73 bits per heavy atom. The van der Waals surface area contributed by atoms with Crippen molar-refractivity contribution < 1.29 is 26.5 Å². The summed E-state index contributed by atoms with van der Waals surface area (Å²) in [7, 11) is 1.70. The maximum Gasteiger partial charge on any atom is 2.00 e. The first kappa shape index (κ1) is 17.8. The Hall–Kier alpha value is 0.386. The second-order valence-electron chi connectivity index (χ2n) is 2.81. The van der Waals surface area contributed by atoms with Gasteiger partial charge in [-0.1, -0.05) is 0 Å². The van der Waals surface area contributed by atoms with Crippen molar-refractivity contribution in [1.82, 2.24) is 0 Å². The Balaban J connectivity index is 0. The minimum Gasteiger partial charge on any atom is -1.00 e. The number of hydrogen-bond acceptors (Lipinski definition) is 2. The Morgan fingerprint density at radius 1 is 1.33 bits per heavy atom. The van der Waals surface area contributed by atoms with Crippen molar-refractivity contribution in [1.29, 1.82) is 0 Å². The third kappa shape index (κ3) is 9.32. The molecule has 0 amide bonds. The molecule has 0 aromatic heterocycles. The molecule has 80 valence electrons. The zero-order valence-corrected chi connectivity index (χ0v) is 12.0. The van der Waals surface area contributed by atoms with Crippen molar-refractivity contribution in [2.75, 3.05) is 20.3 Å². The van der Waals surface area contributed by atoms with Gasteiger partial charge in [0, 0.05) is 26.9 Å². The molecular weight excluding hydrogens is 268 g/mol. The summed E-state index contributed by atoms with van der Waals surface area (Å²) >= 11 is 0. The monoisotopic (exact) mass is 282 g/mol. The summed E-state index contributed by atoms with van der Waals surface area (Å²) in [6, 6.07) is 10.8. The summed E-state index contributed by atoms with van der Waals surface area (Å²) in [6.07, 6.45) is 0.951. The molecule has 0 fully saturated rings. The van der Waals surface area contributed by atoms with E-state index in [1.54, 1.807) is 7.11 Å². The number of ether oxygens (including phenoxy) is 2. The summed E-state index contributed by atoms with van der Waals surface area (Å²) in [6.45, 7) is 2.19. The Kier molecular flexibility index (Phi) is 14.8. The Labute approximate surface area is 118 Å². The van der Waals surface area contributed by atoms with E-state index in [-0.39, 0.29) is 40.0 Å². The quantitative estimate of drug-likeness (QED) is 0.366. The molecule has 4 heteroatoms. The average Bonchev–Trinajstić information content (AvgIpc) is 2.19. The van der Waals surface area contributed by atoms with Crippen LogP contribution in [0.4, 0.5) is 0 Å². The molecular formula is C11H15BrMgO2. The summed E-state index contributed by atoms with van der Waals surface area (Å²) < 4.78 is 10.3. The van der Waals surface area contributed by atoms with Gasteiger partial charge in [-0.2, -0.15) is 30.3 Å². The molecule has 1 aromatic rings. The molecule has 1 aromatic carbocycles. The predicted octanol–water partition coefficient (Wildman–Crippen LogP) is -1.34. The molecule has 0 N–H and O–H groups in total. The topological polar surface area (TPSA) is 18.5 Å². The van der Waals surface area contributed by atoms with Crippen molar-refractivity contribution >= 4 is 23.1 Å². The van der Waals surface area contributed by atoms with Crippen molar-refractivity contribution in [2.24, 2.45) is 0 Å². The van der Waals surface area contributed by atoms with Crippen molar-refractivity contribution in [3.8, 4) is 0 Å². The van der Waals surface area contributed by atoms with Crippen molar-refractivity contribution in [3.05, 3.63) is 35.9 Å². The molecule has 1 rings (SSSR count). The average molecular weight is 283 g/mol. The van der Waals surface area contributed by atoms with Gasteiger partial charge >= 0.3 is 23.1 Å². The summed E-state index contributed by atoms with van der Waals surface area (Å²) in [5, 5.41) is 0. The molecule has 0 saturated carbocycles. The first-order valence-electron chi connectivity index (χ1n) is 4.45. The third-order valence-corrected chi connectivity index (χ3v) is 1.68. The number of hydrogen-bond donors (Lipinski definition) is 0. The van der Waals surface area contributed by atoms with Gasteiger partial charge in [0.25, 0.3) is 0 Å². The maximum atomic E-state index is 5.42. The molecule has 0 heterocycles. The summed E-state index contributed by atoms with van der Waals surface area (Å²) in [4.78, 5) is 0. The van der Waals surface area contributed by atoms with Gasteiger partial charge < -0.3 is 26.5 Å². The van der Waals surface area contributed by atoms with Gasteiger partial charge in [0.15, 0.2) is 0 Å². The van der Waals surface area contributed by atoms with Gasteiger partial charge in [-0.05, 0) is 6.42 Å². The van der Waals surface area contributed by atoms with Crippen molar-refractivity contribution in [2.45, 2.75) is 13.0 Å². The van der Waals surface area contributed by atoms with E-state index < -0.39 is 0 Å². The van der Waals surface area contributed by atoms with E-state index in [9.17, 15) is 0 Å². The van der Waals surface area contributed by atoms with E-state index in [0.717, 1.165) is 19.6 Å². The van der Waals surface area contributed by atoms with Crippen LogP contribution in [-0.2, 0) is 16.1 Å². The standard InChI is InChI=1S/C11H15O2.BrH.Mg/c1-12-8-5-9-13-10-11-6-3-2-4-7-11;;/h2-3,6-7H,5,8-10H2,1H3;1H;/q-1;;+2/p-1. The summed E-state index contributed by atoms with van der Waals surface area (Å²) in [5.41, 5.74) is 1.17. The van der Waals surface area contributed by atoms with Gasteiger partial charge in [0.05, 0.1) is 0 Å². The van der Waals surface area contributed by atoms with E-state index in [2.05, 4.69) is 6.07 Å². The number of benzene rings is 1. The van der Waals surface area contributed by atoms with Crippen LogP contribution < -0.4 is 17.0 Å². The molecule has 0 aliphatic rings. The zero-order valence-electron chi connectivity index (χ0n) is 9.04. The fourth-order valence-corrected chi connectivity index (χ4v) is 1.02. The van der Waals surface area contributed by atoms with E-state index in [1.807, 2.05) is 24.3 Å². The van der Waals surface area contributed by atoms with Crippen LogP contribution in [0.3, 0.4) is 0 Å². The first-order valence-corrected chi connectivity index (χ1v) is 4.45. The van der Waals surface area contributed by atoms with Gasteiger partial charge in [-0.3, -0.25) is 0 Å². The van der Waals surface area contributed by atoms with Gasteiger partial charge in [0.2, 0.25) is 0 Å². The molecule has 0 aliphatic carbocycles. The Morgan fingerprint density at radius 2 is 2.13 bits per heavy atom. The largest absolute Gasteiger partial charge is 2.00 e. The molecule has 0 atom stereocenters. The maximum absolute atomic E-state index is 5.42. The van der Waals surface area contributed by atoms with Crippen LogP contribution in [0.5, 0.6) is 0 Å². The summed E-state index contributed by atoms with van der Waals surface area (Å²) in [5.74, 6) is 0. The van der Waals surface area contributed by atoms with Crippen LogP contribution >= 0.6 is 0 Å². The minimum absolute atomic E-state index is 0. The van der Waals surface area contributed by atoms with Crippen LogP contribution in [0.15, 0.2) is 24.3 Å². The molecule has 15 heavy (non-hydrogen) atoms. The first-order chi connectivity index (χ1) is 6.43. The zero-order chi connectivity index (χ0) is 9.36. The van der Waals surface area contributed by atoms with Gasteiger partial charge in [-0.25, -0.2) is 0 Å². The number of methoxy groups -OCH3 is 1. The van der Waals surface area contributed by atoms with Crippen LogP contribution in [0.2, 0.25) is 0 Å². The SMILES string of the molecule is COCCCOCc1c[c-]ccc1.[Br-].[Mg+2]. The minimum atomic E-state index is 0. The fourth-order valence-electron chi connectivity index (χ4n) is 1.02. The number of halogens is 1. The van der Waals surface area contributed by atoms with Gasteiger partial charge in [-0.15, -0.1) is 5.56 Å². The number of rotatable bonds is 6. The fraction of sp³-hybridized carbons (Fsp3) is 0.455.